The van der Waals surface area contributed by atoms with Crippen molar-refractivity contribution >= 4 is 25.6 Å². The molecule has 3 aromatic rings. The van der Waals surface area contributed by atoms with E-state index in [4.69, 9.17) is 30.5 Å². The molecular formula is C18H13ClF3N2O9P. The molecule has 0 saturated heterocycles. The van der Waals surface area contributed by atoms with Gasteiger partial charge in [-0.15, -0.1) is 5.10 Å². The highest BCUT2D eigenvalue weighted by atomic mass is 35.5. The predicted molar refractivity (Wildman–Crippen MR) is 107 cm³/mol. The largest absolute Gasteiger partial charge is 0.516 e. The summed E-state index contributed by atoms with van der Waals surface area (Å²) in [5.74, 6) is -1.35. The molecule has 11 nitrogen and oxygen atoms in total. The number of hydrogen-bond donors (Lipinski definition) is 2. The molecule has 3 rings (SSSR count). The lowest BCUT2D eigenvalue weighted by molar-refractivity contribution is -0.137. The average molecular weight is 525 g/mol. The Balaban J connectivity index is 1.77. The number of alkyl halides is 3. The van der Waals surface area contributed by atoms with Crippen LogP contribution in [0.5, 0.6) is 5.75 Å². The van der Waals surface area contributed by atoms with E-state index in [1.807, 2.05) is 0 Å². The van der Waals surface area contributed by atoms with E-state index in [9.17, 15) is 27.3 Å². The highest BCUT2D eigenvalue weighted by Crippen LogP contribution is 2.35. The zero-order chi connectivity index (χ0) is 25.1. The Kier molecular flexibility index (Phi) is 7.48. The molecular weight excluding hydrogens is 512 g/mol. The fourth-order valence-electron chi connectivity index (χ4n) is 2.52. The maximum atomic E-state index is 12.7. The average Bonchev–Trinajstić information content (AvgIpc) is 3.09. The van der Waals surface area contributed by atoms with E-state index in [1.54, 1.807) is 0 Å². The number of benzene rings is 2. The van der Waals surface area contributed by atoms with E-state index in [1.165, 1.54) is 18.2 Å². The molecule has 0 aliphatic heterocycles. The molecule has 0 saturated carbocycles. The summed E-state index contributed by atoms with van der Waals surface area (Å²) >= 11 is 5.94. The van der Waals surface area contributed by atoms with Crippen LogP contribution in [0.3, 0.4) is 0 Å². The maximum Gasteiger partial charge on any atom is 0.516 e. The summed E-state index contributed by atoms with van der Waals surface area (Å²) in [5, 5.41) is 4.12. The molecule has 2 aromatic carbocycles. The summed E-state index contributed by atoms with van der Waals surface area (Å²) < 4.78 is 67.8. The molecule has 2 N–H and O–H groups in total. The number of rotatable bonds is 7. The molecule has 0 aliphatic rings. The van der Waals surface area contributed by atoms with Gasteiger partial charge >= 0.3 is 25.9 Å². The van der Waals surface area contributed by atoms with Crippen LogP contribution in [0.2, 0.25) is 5.02 Å². The van der Waals surface area contributed by atoms with Crippen molar-refractivity contribution in [3.63, 3.8) is 0 Å². The van der Waals surface area contributed by atoms with Gasteiger partial charge in [-0.1, -0.05) is 11.6 Å². The van der Waals surface area contributed by atoms with Gasteiger partial charge < -0.3 is 23.7 Å². The standard InChI is InChI=1S/C18H13ClF3N2O9P/c19-13-5-6-14(32-17(26)30-9-31-34(27,28)29)11(7-13)8-24-16(25)33-15(23-24)10-1-3-12(4-2-10)18(20,21)22/h1-7H,8-9H2,(H2,27,28,29). The molecule has 0 amide bonds. The summed E-state index contributed by atoms with van der Waals surface area (Å²) in [5.41, 5.74) is -0.633. The third kappa shape index (κ3) is 6.92. The number of ether oxygens (including phenoxy) is 2. The molecule has 16 heteroatoms. The molecule has 34 heavy (non-hydrogen) atoms. The van der Waals surface area contributed by atoms with Gasteiger partial charge in [-0.3, -0.25) is 0 Å². The van der Waals surface area contributed by atoms with Gasteiger partial charge in [-0.25, -0.2) is 18.7 Å². The SMILES string of the molecule is O=C(OCOP(=O)(O)O)Oc1ccc(Cl)cc1Cn1nc(-c2ccc(C(F)(F)F)cc2)oc1=O. The first-order chi connectivity index (χ1) is 15.8. The number of phosphoric ester groups is 1. The lowest BCUT2D eigenvalue weighted by atomic mass is 10.1. The van der Waals surface area contributed by atoms with Crippen LogP contribution in [-0.2, 0) is 26.5 Å². The Morgan fingerprint density at radius 1 is 1.18 bits per heavy atom. The van der Waals surface area contributed by atoms with Crippen LogP contribution in [0.15, 0.2) is 51.7 Å². The number of nitrogens with zero attached hydrogens (tertiary/aromatic N) is 2. The van der Waals surface area contributed by atoms with Gasteiger partial charge in [0.25, 0.3) is 0 Å². The Morgan fingerprint density at radius 2 is 1.85 bits per heavy atom. The summed E-state index contributed by atoms with van der Waals surface area (Å²) in [7, 11) is -4.87. The Morgan fingerprint density at radius 3 is 2.47 bits per heavy atom. The highest BCUT2D eigenvalue weighted by Gasteiger charge is 2.30. The van der Waals surface area contributed by atoms with Crippen LogP contribution >= 0.6 is 19.4 Å². The molecule has 0 radical (unpaired) electrons. The minimum Gasteiger partial charge on any atom is -0.406 e. The first-order valence-corrected chi connectivity index (χ1v) is 10.8. The van der Waals surface area contributed by atoms with Gasteiger partial charge in [-0.05, 0) is 42.5 Å². The third-order valence-electron chi connectivity index (χ3n) is 4.00. The molecule has 0 unspecified atom stereocenters. The van der Waals surface area contributed by atoms with Gasteiger partial charge in [0.1, 0.15) is 5.75 Å². The van der Waals surface area contributed by atoms with Crippen molar-refractivity contribution in [3.05, 3.63) is 69.2 Å². The van der Waals surface area contributed by atoms with Crippen molar-refractivity contribution < 1.29 is 50.7 Å². The van der Waals surface area contributed by atoms with Crippen molar-refractivity contribution in [1.82, 2.24) is 9.78 Å². The first kappa shape index (κ1) is 25.5. The molecule has 0 spiro atoms. The Labute approximate surface area is 192 Å². The molecule has 0 atom stereocenters. The number of carbonyl (C=O) groups is 1. The van der Waals surface area contributed by atoms with Crippen LogP contribution < -0.4 is 10.5 Å². The van der Waals surface area contributed by atoms with E-state index in [2.05, 4.69) is 14.4 Å². The number of hydrogen-bond acceptors (Lipinski definition) is 8. The number of halogens is 4. The van der Waals surface area contributed by atoms with Crippen LogP contribution in [0.25, 0.3) is 11.5 Å². The van der Waals surface area contributed by atoms with E-state index >= 15 is 0 Å². The van der Waals surface area contributed by atoms with Gasteiger partial charge in [0.15, 0.2) is 0 Å². The van der Waals surface area contributed by atoms with Crippen molar-refractivity contribution in [2.24, 2.45) is 0 Å². The quantitative estimate of drug-likeness (QED) is 0.202. The van der Waals surface area contributed by atoms with Crippen molar-refractivity contribution in [3.8, 4) is 17.2 Å². The van der Waals surface area contributed by atoms with E-state index in [0.29, 0.717) is 0 Å². The summed E-state index contributed by atoms with van der Waals surface area (Å²) in [4.78, 5) is 41.1. The van der Waals surface area contributed by atoms with Crippen LogP contribution in [-0.4, -0.2) is 32.5 Å². The normalized spacial score (nSPS) is 11.9. The monoisotopic (exact) mass is 524 g/mol. The highest BCUT2D eigenvalue weighted by molar-refractivity contribution is 7.46. The van der Waals surface area contributed by atoms with Crippen molar-refractivity contribution in [2.45, 2.75) is 12.7 Å². The Bertz CT molecular complexity index is 1290. The zero-order valence-electron chi connectivity index (χ0n) is 16.6. The zero-order valence-corrected chi connectivity index (χ0v) is 18.2. The van der Waals surface area contributed by atoms with Gasteiger partial charge in [0, 0.05) is 16.1 Å². The van der Waals surface area contributed by atoms with E-state index in [-0.39, 0.29) is 34.3 Å². The molecule has 1 heterocycles. The summed E-state index contributed by atoms with van der Waals surface area (Å²) in [6.45, 7) is -1.42. The lowest BCUT2D eigenvalue weighted by Crippen LogP contribution is -2.18. The Hall–Kier alpha value is -3.16. The second-order valence-electron chi connectivity index (χ2n) is 6.39. The molecule has 0 bridgehead atoms. The molecule has 0 fully saturated rings. The molecule has 1 aromatic heterocycles. The van der Waals surface area contributed by atoms with Gasteiger partial charge in [0.05, 0.1) is 12.1 Å². The fourth-order valence-corrected chi connectivity index (χ4v) is 2.90. The molecule has 182 valence electrons. The topological polar surface area (TPSA) is 150 Å². The number of phosphoric acid groups is 1. The maximum absolute atomic E-state index is 12.7. The second kappa shape index (κ2) is 9.99. The minimum atomic E-state index is -4.87. The summed E-state index contributed by atoms with van der Waals surface area (Å²) in [6.07, 6.45) is -5.92. The summed E-state index contributed by atoms with van der Waals surface area (Å²) in [6, 6.07) is 7.71. The first-order valence-electron chi connectivity index (χ1n) is 8.90. The number of aromatic nitrogens is 2. The van der Waals surface area contributed by atoms with Gasteiger partial charge in [0.2, 0.25) is 12.7 Å². The smallest absolute Gasteiger partial charge is 0.406 e. The second-order valence-corrected chi connectivity index (χ2v) is 8.07. The minimum absolute atomic E-state index is 0.111. The third-order valence-corrected chi connectivity index (χ3v) is 4.68. The van der Waals surface area contributed by atoms with Crippen molar-refractivity contribution in [1.29, 1.82) is 0 Å². The predicted octanol–water partition coefficient (Wildman–Crippen LogP) is 3.81. The number of carbonyl (C=O) groups excluding carboxylic acids is 1. The van der Waals surface area contributed by atoms with E-state index < -0.39 is 38.3 Å². The molecule has 0 aliphatic carbocycles. The van der Waals surface area contributed by atoms with Gasteiger partial charge in [-0.2, -0.15) is 17.9 Å². The fraction of sp³-hybridized carbons (Fsp3) is 0.167. The lowest BCUT2D eigenvalue weighted by Gasteiger charge is -2.11. The van der Waals surface area contributed by atoms with Crippen molar-refractivity contribution in [2.75, 3.05) is 6.79 Å². The van der Waals surface area contributed by atoms with Crippen LogP contribution in [0.4, 0.5) is 18.0 Å². The van der Waals surface area contributed by atoms with Crippen LogP contribution in [0.1, 0.15) is 11.1 Å². The van der Waals surface area contributed by atoms with Crippen LogP contribution in [0, 0.1) is 0 Å². The van der Waals surface area contributed by atoms with E-state index in [0.717, 1.165) is 28.9 Å².